The number of amides is 1. The Morgan fingerprint density at radius 3 is 2.89 bits per heavy atom. The van der Waals surface area contributed by atoms with Gasteiger partial charge in [-0.15, -0.1) is 0 Å². The Morgan fingerprint density at radius 2 is 2.16 bits per heavy atom. The van der Waals surface area contributed by atoms with Crippen LogP contribution in [0.2, 0.25) is 0 Å². The summed E-state index contributed by atoms with van der Waals surface area (Å²) >= 11 is 0. The molecule has 2 fully saturated rings. The Labute approximate surface area is 214 Å². The highest BCUT2D eigenvalue weighted by atomic mass is 19.1. The number of methoxy groups -OCH3 is 1. The molecule has 0 bridgehead atoms. The maximum atomic E-state index is 13.4. The van der Waals surface area contributed by atoms with Crippen molar-refractivity contribution in [2.24, 2.45) is 0 Å². The van der Waals surface area contributed by atoms with E-state index in [2.05, 4.69) is 30.9 Å². The molecule has 11 nitrogen and oxygen atoms in total. The zero-order valence-corrected chi connectivity index (χ0v) is 21.1. The van der Waals surface area contributed by atoms with Crippen LogP contribution in [-0.4, -0.2) is 82.6 Å². The number of hydrogen-bond donors (Lipinski definition) is 3. The Bertz CT molecular complexity index is 1320. The Balaban J connectivity index is 1.41. The van der Waals surface area contributed by atoms with Crippen LogP contribution in [0.15, 0.2) is 35.4 Å². The fourth-order valence-corrected chi connectivity index (χ4v) is 5.14. The van der Waals surface area contributed by atoms with E-state index in [0.29, 0.717) is 41.6 Å². The van der Waals surface area contributed by atoms with Gasteiger partial charge in [0.1, 0.15) is 29.6 Å². The van der Waals surface area contributed by atoms with Gasteiger partial charge in [-0.2, -0.15) is 9.61 Å². The van der Waals surface area contributed by atoms with Crippen LogP contribution < -0.4 is 21.5 Å². The molecule has 2 aliphatic rings. The first-order valence-corrected chi connectivity index (χ1v) is 12.7. The molecule has 0 spiro atoms. The Morgan fingerprint density at radius 1 is 1.30 bits per heavy atom. The number of carbonyl (C=O) groups is 1. The average molecular weight is 513 g/mol. The van der Waals surface area contributed by atoms with Gasteiger partial charge in [0, 0.05) is 45.6 Å². The SMILES string of the molecule is CNc1cc(Nc2cccn(C3CCCN(CCF)C3)c2=O)nc2c(C(=O)N[C@@H]3CC[C@H]3OC)cnn12. The first-order chi connectivity index (χ1) is 18.0. The normalized spacial score (nSPS) is 22.0. The molecule has 1 unspecified atom stereocenters. The number of likely N-dealkylation sites (tertiary alicyclic amines) is 1. The van der Waals surface area contributed by atoms with E-state index in [1.54, 1.807) is 41.6 Å². The van der Waals surface area contributed by atoms with Crippen LogP contribution in [0.1, 0.15) is 42.1 Å². The third-order valence-corrected chi connectivity index (χ3v) is 7.31. The number of nitrogens with one attached hydrogen (secondary N) is 3. The van der Waals surface area contributed by atoms with Gasteiger partial charge < -0.3 is 25.3 Å². The van der Waals surface area contributed by atoms with Gasteiger partial charge in [-0.25, -0.2) is 9.37 Å². The van der Waals surface area contributed by atoms with E-state index < -0.39 is 6.67 Å². The van der Waals surface area contributed by atoms with Crippen LogP contribution in [0.5, 0.6) is 0 Å². The Hall–Kier alpha value is -3.51. The quantitative estimate of drug-likeness (QED) is 0.400. The largest absolute Gasteiger partial charge is 0.379 e. The van der Waals surface area contributed by atoms with Crippen LogP contribution in [0.4, 0.5) is 21.7 Å². The summed E-state index contributed by atoms with van der Waals surface area (Å²) in [4.78, 5) is 33.1. The van der Waals surface area contributed by atoms with E-state index in [9.17, 15) is 14.0 Å². The van der Waals surface area contributed by atoms with E-state index in [1.165, 1.54) is 6.20 Å². The molecule has 1 saturated carbocycles. The van der Waals surface area contributed by atoms with Crippen molar-refractivity contribution in [3.63, 3.8) is 0 Å². The highest BCUT2D eigenvalue weighted by Crippen LogP contribution is 2.25. The summed E-state index contributed by atoms with van der Waals surface area (Å²) in [7, 11) is 3.39. The molecule has 3 aromatic rings. The highest BCUT2D eigenvalue weighted by molar-refractivity contribution is 6.00. The highest BCUT2D eigenvalue weighted by Gasteiger charge is 2.33. The summed E-state index contributed by atoms with van der Waals surface area (Å²) in [6, 6.07) is 5.19. The molecule has 0 radical (unpaired) electrons. The van der Waals surface area contributed by atoms with Crippen molar-refractivity contribution < 1.29 is 13.9 Å². The number of pyridine rings is 1. The second kappa shape index (κ2) is 10.9. The van der Waals surface area contributed by atoms with E-state index in [1.807, 2.05) is 6.07 Å². The van der Waals surface area contributed by atoms with Gasteiger partial charge in [0.2, 0.25) is 0 Å². The van der Waals surface area contributed by atoms with Crippen LogP contribution in [0.25, 0.3) is 5.65 Å². The summed E-state index contributed by atoms with van der Waals surface area (Å²) in [5, 5.41) is 13.6. The van der Waals surface area contributed by atoms with E-state index >= 15 is 0 Å². The van der Waals surface area contributed by atoms with Gasteiger partial charge in [-0.1, -0.05) is 0 Å². The molecule has 3 atom stereocenters. The summed E-state index contributed by atoms with van der Waals surface area (Å²) in [6.45, 7) is 1.47. The number of rotatable bonds is 9. The molecule has 5 rings (SSSR count). The Kier molecular flexibility index (Phi) is 7.38. The molecule has 37 heavy (non-hydrogen) atoms. The zero-order chi connectivity index (χ0) is 25.9. The first-order valence-electron chi connectivity index (χ1n) is 12.7. The predicted molar refractivity (Wildman–Crippen MR) is 138 cm³/mol. The third kappa shape index (κ3) is 5.03. The molecule has 0 aromatic carbocycles. The molecule has 1 amide bonds. The molecular formula is C25H33FN8O3. The number of hydrogen-bond acceptors (Lipinski definition) is 8. The van der Waals surface area contributed by atoms with Crippen LogP contribution in [-0.2, 0) is 4.74 Å². The molecule has 3 aromatic heterocycles. The maximum absolute atomic E-state index is 13.4. The van der Waals surface area contributed by atoms with Gasteiger partial charge >= 0.3 is 0 Å². The molecule has 1 saturated heterocycles. The topological polar surface area (TPSA) is 118 Å². The van der Waals surface area contributed by atoms with Gasteiger partial charge in [0.05, 0.1) is 18.3 Å². The molecule has 1 aliphatic heterocycles. The van der Waals surface area contributed by atoms with Crippen molar-refractivity contribution in [1.29, 1.82) is 0 Å². The monoisotopic (exact) mass is 512 g/mol. The number of ether oxygens (including phenoxy) is 1. The van der Waals surface area contributed by atoms with Gasteiger partial charge in [0.15, 0.2) is 5.65 Å². The van der Waals surface area contributed by atoms with Crippen molar-refractivity contribution >= 4 is 28.9 Å². The van der Waals surface area contributed by atoms with Crippen molar-refractivity contribution in [3.05, 3.63) is 46.5 Å². The molecule has 3 N–H and O–H groups in total. The van der Waals surface area contributed by atoms with Crippen molar-refractivity contribution in [1.82, 2.24) is 29.4 Å². The number of aromatic nitrogens is 4. The lowest BCUT2D eigenvalue weighted by molar-refractivity contribution is 0.00732. The third-order valence-electron chi connectivity index (χ3n) is 7.31. The summed E-state index contributed by atoms with van der Waals surface area (Å²) in [5.74, 6) is 0.739. The minimum absolute atomic E-state index is 0.0114. The van der Waals surface area contributed by atoms with Gasteiger partial charge in [-0.3, -0.25) is 14.5 Å². The molecule has 1 aliphatic carbocycles. The standard InChI is InChI=1S/C25H33FN8O3/c1-27-22-13-21(31-23-17(14-28-34(22)23)24(35)30-18-7-8-20(18)37-2)29-19-6-4-11-33(25(19)36)16-5-3-10-32(15-16)12-9-26/h4,6,11,13-14,16,18,20,27H,3,5,7-10,12,15H2,1-2H3,(H,29,31)(H,30,35)/t16?,18-,20-/m1/s1. The first kappa shape index (κ1) is 25.2. The van der Waals surface area contributed by atoms with Crippen LogP contribution in [0.3, 0.4) is 0 Å². The lowest BCUT2D eigenvalue weighted by Crippen LogP contribution is -2.51. The summed E-state index contributed by atoms with van der Waals surface area (Å²) in [5.41, 5.74) is 0.893. The van der Waals surface area contributed by atoms with Crippen molar-refractivity contribution in [3.8, 4) is 0 Å². The predicted octanol–water partition coefficient (Wildman–Crippen LogP) is 2.19. The number of carbonyl (C=O) groups excluding carboxylic acids is 1. The van der Waals surface area contributed by atoms with Gasteiger partial charge in [-0.05, 0) is 44.4 Å². The average Bonchev–Trinajstić information content (AvgIpc) is 3.32. The summed E-state index contributed by atoms with van der Waals surface area (Å²) in [6.07, 6.45) is 6.83. The number of anilines is 3. The molecule has 12 heteroatoms. The minimum atomic E-state index is -0.395. The van der Waals surface area contributed by atoms with E-state index in [0.717, 1.165) is 32.2 Å². The second-order valence-electron chi connectivity index (χ2n) is 9.55. The lowest BCUT2D eigenvalue weighted by Gasteiger charge is -2.35. The minimum Gasteiger partial charge on any atom is -0.379 e. The molecule has 4 heterocycles. The maximum Gasteiger partial charge on any atom is 0.274 e. The molecular weight excluding hydrogens is 479 g/mol. The number of halogens is 1. The zero-order valence-electron chi connectivity index (χ0n) is 21.1. The fraction of sp³-hybridized carbons (Fsp3) is 0.520. The lowest BCUT2D eigenvalue weighted by atomic mass is 9.89. The number of alkyl halides is 1. The second-order valence-corrected chi connectivity index (χ2v) is 9.55. The van der Waals surface area contributed by atoms with Crippen molar-refractivity contribution in [2.45, 2.75) is 43.9 Å². The molecule has 198 valence electrons. The number of piperidine rings is 1. The number of nitrogens with zero attached hydrogens (tertiary/aromatic N) is 5. The summed E-state index contributed by atoms with van der Waals surface area (Å²) < 4.78 is 21.5. The van der Waals surface area contributed by atoms with Crippen LogP contribution >= 0.6 is 0 Å². The van der Waals surface area contributed by atoms with E-state index in [4.69, 9.17) is 4.74 Å². The van der Waals surface area contributed by atoms with Crippen LogP contribution in [0, 0.1) is 0 Å². The van der Waals surface area contributed by atoms with Crippen molar-refractivity contribution in [2.75, 3.05) is 51.1 Å². The fourth-order valence-electron chi connectivity index (χ4n) is 5.14. The van der Waals surface area contributed by atoms with E-state index in [-0.39, 0.29) is 29.7 Å². The smallest absolute Gasteiger partial charge is 0.274 e. The van der Waals surface area contributed by atoms with Gasteiger partial charge in [0.25, 0.3) is 11.5 Å². The number of fused-ring (bicyclic) bond motifs is 1.